The summed E-state index contributed by atoms with van der Waals surface area (Å²) in [5.41, 5.74) is 1.17. The number of carbonyl (C=O) groups is 2. The number of rotatable bonds is 3. The fourth-order valence-corrected chi connectivity index (χ4v) is 2.56. The average molecular weight is 286 g/mol. The van der Waals surface area contributed by atoms with Crippen LogP contribution in [0.25, 0.3) is 5.69 Å². The lowest BCUT2D eigenvalue weighted by Crippen LogP contribution is -2.40. The van der Waals surface area contributed by atoms with Crippen LogP contribution >= 0.6 is 0 Å². The Balaban J connectivity index is 1.88. The van der Waals surface area contributed by atoms with Crippen LogP contribution in [0.3, 0.4) is 0 Å². The van der Waals surface area contributed by atoms with Gasteiger partial charge in [0, 0.05) is 12.1 Å². The maximum absolute atomic E-state index is 12.5. The molecule has 1 aromatic heterocycles. The van der Waals surface area contributed by atoms with Gasteiger partial charge in [0.05, 0.1) is 18.1 Å². The van der Waals surface area contributed by atoms with Crippen LogP contribution in [0.5, 0.6) is 0 Å². The second-order valence-electron chi connectivity index (χ2n) is 4.89. The molecule has 2 heterocycles. The molecule has 0 bridgehead atoms. The van der Waals surface area contributed by atoms with Crippen LogP contribution in [-0.2, 0) is 4.79 Å². The van der Waals surface area contributed by atoms with Gasteiger partial charge in [-0.25, -0.2) is 9.48 Å². The van der Waals surface area contributed by atoms with Crippen molar-refractivity contribution in [3.05, 3.63) is 42.2 Å². The number of carboxylic acid groups (broad SMARTS) is 1. The molecule has 0 saturated carbocycles. The number of aliphatic carboxylic acids is 1. The molecule has 2 aromatic rings. The largest absolute Gasteiger partial charge is 0.480 e. The number of nitrogens with zero attached hydrogens (tertiary/aromatic N) is 4. The number of benzene rings is 1. The van der Waals surface area contributed by atoms with E-state index in [1.54, 1.807) is 35.3 Å². The summed E-state index contributed by atoms with van der Waals surface area (Å²) in [6.45, 7) is 0.476. The minimum absolute atomic E-state index is 0.262. The molecule has 0 spiro atoms. The van der Waals surface area contributed by atoms with Crippen molar-refractivity contribution < 1.29 is 14.7 Å². The summed E-state index contributed by atoms with van der Waals surface area (Å²) in [4.78, 5) is 25.1. The zero-order valence-corrected chi connectivity index (χ0v) is 11.2. The molecule has 1 aromatic carbocycles. The van der Waals surface area contributed by atoms with Crippen LogP contribution in [0, 0.1) is 0 Å². The summed E-state index contributed by atoms with van der Waals surface area (Å²) >= 11 is 0. The molecule has 1 aliphatic heterocycles. The third kappa shape index (κ3) is 2.49. The van der Waals surface area contributed by atoms with Crippen molar-refractivity contribution in [2.75, 3.05) is 6.54 Å². The van der Waals surface area contributed by atoms with Gasteiger partial charge in [0.25, 0.3) is 5.91 Å². The van der Waals surface area contributed by atoms with Crippen LogP contribution in [0.4, 0.5) is 0 Å². The zero-order valence-electron chi connectivity index (χ0n) is 11.2. The van der Waals surface area contributed by atoms with Gasteiger partial charge in [-0.1, -0.05) is 11.3 Å². The van der Waals surface area contributed by atoms with Gasteiger partial charge < -0.3 is 10.0 Å². The van der Waals surface area contributed by atoms with Crippen molar-refractivity contribution in [2.24, 2.45) is 0 Å². The molecular formula is C14H14N4O3. The topological polar surface area (TPSA) is 88.3 Å². The van der Waals surface area contributed by atoms with Crippen LogP contribution < -0.4 is 0 Å². The Hall–Kier alpha value is -2.70. The van der Waals surface area contributed by atoms with Gasteiger partial charge >= 0.3 is 5.97 Å². The van der Waals surface area contributed by atoms with E-state index in [4.69, 9.17) is 5.11 Å². The second-order valence-corrected chi connectivity index (χ2v) is 4.89. The minimum atomic E-state index is -0.951. The fraction of sp³-hybridized carbons (Fsp3) is 0.286. The van der Waals surface area contributed by atoms with E-state index in [9.17, 15) is 9.59 Å². The first-order valence-corrected chi connectivity index (χ1v) is 6.67. The van der Waals surface area contributed by atoms with Gasteiger partial charge in [0.1, 0.15) is 6.04 Å². The Morgan fingerprint density at radius 3 is 2.90 bits per heavy atom. The van der Waals surface area contributed by atoms with Crippen molar-refractivity contribution in [2.45, 2.75) is 18.9 Å². The number of hydrogen-bond donors (Lipinski definition) is 1. The normalized spacial score (nSPS) is 17.9. The van der Waals surface area contributed by atoms with Gasteiger partial charge in [-0.3, -0.25) is 4.79 Å². The molecule has 1 atom stereocenters. The number of carbonyl (C=O) groups excluding carboxylic acids is 1. The highest BCUT2D eigenvalue weighted by atomic mass is 16.4. The molecule has 7 nitrogen and oxygen atoms in total. The fourth-order valence-electron chi connectivity index (χ4n) is 2.56. The van der Waals surface area contributed by atoms with Gasteiger partial charge in [0.15, 0.2) is 0 Å². The monoisotopic (exact) mass is 286 g/mol. The molecule has 0 radical (unpaired) electrons. The molecule has 21 heavy (non-hydrogen) atoms. The van der Waals surface area contributed by atoms with Crippen molar-refractivity contribution in [3.8, 4) is 5.69 Å². The molecule has 0 aliphatic carbocycles. The highest BCUT2D eigenvalue weighted by Crippen LogP contribution is 2.21. The maximum Gasteiger partial charge on any atom is 0.326 e. The van der Waals surface area contributed by atoms with Crippen molar-refractivity contribution in [1.29, 1.82) is 0 Å². The Labute approximate surface area is 120 Å². The van der Waals surface area contributed by atoms with Crippen LogP contribution in [0.15, 0.2) is 36.7 Å². The third-order valence-electron chi connectivity index (χ3n) is 3.58. The highest BCUT2D eigenvalue weighted by Gasteiger charge is 2.34. The molecule has 1 N–H and O–H groups in total. The van der Waals surface area contributed by atoms with E-state index >= 15 is 0 Å². The van der Waals surface area contributed by atoms with Gasteiger partial charge in [-0.05, 0) is 31.0 Å². The van der Waals surface area contributed by atoms with Gasteiger partial charge in [-0.15, -0.1) is 5.10 Å². The summed E-state index contributed by atoms with van der Waals surface area (Å²) in [5.74, 6) is -1.21. The van der Waals surface area contributed by atoms with Crippen LogP contribution in [0.1, 0.15) is 23.2 Å². The van der Waals surface area contributed by atoms with Crippen molar-refractivity contribution in [1.82, 2.24) is 19.9 Å². The summed E-state index contributed by atoms with van der Waals surface area (Å²) in [5, 5.41) is 16.8. The van der Waals surface area contributed by atoms with Crippen molar-refractivity contribution >= 4 is 11.9 Å². The molecule has 1 amide bonds. The summed E-state index contributed by atoms with van der Waals surface area (Å²) < 4.78 is 1.55. The smallest absolute Gasteiger partial charge is 0.326 e. The Morgan fingerprint density at radius 1 is 1.33 bits per heavy atom. The molecule has 108 valence electrons. The minimum Gasteiger partial charge on any atom is -0.480 e. The van der Waals surface area contributed by atoms with E-state index in [2.05, 4.69) is 10.3 Å². The molecule has 1 aliphatic rings. The molecule has 7 heteroatoms. The summed E-state index contributed by atoms with van der Waals surface area (Å²) in [6, 6.07) is 6.20. The first-order chi connectivity index (χ1) is 10.2. The van der Waals surface area contributed by atoms with E-state index in [1.807, 2.05) is 6.07 Å². The van der Waals surface area contributed by atoms with E-state index < -0.39 is 12.0 Å². The predicted octanol–water partition coefficient (Wildman–Crippen LogP) is 0.956. The first-order valence-electron chi connectivity index (χ1n) is 6.67. The van der Waals surface area contributed by atoms with E-state index in [1.165, 1.54) is 4.90 Å². The molecular weight excluding hydrogens is 272 g/mol. The average Bonchev–Trinajstić information content (AvgIpc) is 3.17. The number of carboxylic acids is 1. The Bertz CT molecular complexity index is 669. The molecule has 1 fully saturated rings. The number of aromatic nitrogens is 3. The molecule has 0 unspecified atom stereocenters. The summed E-state index contributed by atoms with van der Waals surface area (Å²) in [6.07, 6.45) is 4.45. The standard InChI is InChI=1S/C14H14N4O3/c19-13(17-7-2-5-12(17)14(20)21)10-3-1-4-11(9-10)18-8-6-15-16-18/h1,3-4,6,8-9,12H,2,5,7H2,(H,20,21)/t12-/m0/s1. The first kappa shape index (κ1) is 13.3. The third-order valence-corrected chi connectivity index (χ3v) is 3.58. The number of hydrogen-bond acceptors (Lipinski definition) is 4. The van der Waals surface area contributed by atoms with E-state index in [0.29, 0.717) is 30.6 Å². The lowest BCUT2D eigenvalue weighted by atomic mass is 10.1. The lowest BCUT2D eigenvalue weighted by molar-refractivity contribution is -0.141. The van der Waals surface area contributed by atoms with Crippen LogP contribution in [0.2, 0.25) is 0 Å². The van der Waals surface area contributed by atoms with E-state index in [0.717, 1.165) is 0 Å². The Kier molecular flexibility index (Phi) is 3.39. The number of likely N-dealkylation sites (tertiary alicyclic amines) is 1. The van der Waals surface area contributed by atoms with Crippen LogP contribution in [-0.4, -0.2) is 49.5 Å². The predicted molar refractivity (Wildman–Crippen MR) is 73.1 cm³/mol. The zero-order chi connectivity index (χ0) is 14.8. The quantitative estimate of drug-likeness (QED) is 0.907. The van der Waals surface area contributed by atoms with Gasteiger partial charge in [0.2, 0.25) is 0 Å². The summed E-state index contributed by atoms with van der Waals surface area (Å²) in [7, 11) is 0. The second kappa shape index (κ2) is 5.35. The Morgan fingerprint density at radius 2 is 2.19 bits per heavy atom. The van der Waals surface area contributed by atoms with E-state index in [-0.39, 0.29) is 5.91 Å². The SMILES string of the molecule is O=C(O)[C@@H]1CCCN1C(=O)c1cccc(-n2ccnn2)c1. The molecule has 3 rings (SSSR count). The highest BCUT2D eigenvalue weighted by molar-refractivity contribution is 5.97. The van der Waals surface area contributed by atoms with Crippen molar-refractivity contribution in [3.63, 3.8) is 0 Å². The lowest BCUT2D eigenvalue weighted by Gasteiger charge is -2.21. The maximum atomic E-state index is 12.5. The number of amides is 1. The molecule has 1 saturated heterocycles. The van der Waals surface area contributed by atoms with Gasteiger partial charge in [-0.2, -0.15) is 0 Å².